The molecule has 3 nitrogen and oxygen atoms in total. The fourth-order valence-corrected chi connectivity index (χ4v) is 1.74. The summed E-state index contributed by atoms with van der Waals surface area (Å²) in [5, 5.41) is 1.82. The number of hydrogen-bond acceptors (Lipinski definition) is 3. The van der Waals surface area contributed by atoms with Crippen LogP contribution in [0.15, 0.2) is 24.3 Å². The number of methoxy groups -OCH3 is 3. The molecule has 2 aromatic rings. The average molecular weight is 217 g/mol. The summed E-state index contributed by atoms with van der Waals surface area (Å²) < 4.78 is 15.9. The Labute approximate surface area is 94.5 Å². The van der Waals surface area contributed by atoms with Crippen LogP contribution in [0.3, 0.4) is 0 Å². The number of benzene rings is 2. The van der Waals surface area contributed by atoms with Crippen LogP contribution in [0.4, 0.5) is 0 Å². The van der Waals surface area contributed by atoms with Gasteiger partial charge >= 0.3 is 0 Å². The van der Waals surface area contributed by atoms with E-state index in [1.54, 1.807) is 27.4 Å². The molecule has 2 aromatic carbocycles. The maximum absolute atomic E-state index is 5.37. The number of fused-ring (bicyclic) bond motifs is 1. The van der Waals surface area contributed by atoms with E-state index in [2.05, 4.69) is 6.07 Å². The van der Waals surface area contributed by atoms with Crippen molar-refractivity contribution in [3.05, 3.63) is 30.3 Å². The highest BCUT2D eigenvalue weighted by Gasteiger charge is 2.12. The summed E-state index contributed by atoms with van der Waals surface area (Å²) in [5.74, 6) is 2.08. The van der Waals surface area contributed by atoms with Gasteiger partial charge < -0.3 is 14.2 Å². The van der Waals surface area contributed by atoms with E-state index in [1.807, 2.05) is 18.2 Å². The number of hydrogen-bond donors (Lipinski definition) is 0. The number of ether oxygens (including phenoxy) is 3. The van der Waals surface area contributed by atoms with Crippen LogP contribution in [-0.2, 0) is 0 Å². The third-order valence-corrected chi connectivity index (χ3v) is 2.48. The molecule has 0 saturated heterocycles. The Morgan fingerprint density at radius 1 is 0.938 bits per heavy atom. The van der Waals surface area contributed by atoms with E-state index in [9.17, 15) is 0 Å². The minimum Gasteiger partial charge on any atom is -0.496 e. The van der Waals surface area contributed by atoms with Crippen molar-refractivity contribution >= 4 is 10.8 Å². The maximum atomic E-state index is 5.37. The third kappa shape index (κ3) is 1.54. The zero-order valence-corrected chi connectivity index (χ0v) is 9.53. The van der Waals surface area contributed by atoms with Gasteiger partial charge in [-0.25, -0.2) is 0 Å². The molecule has 0 N–H and O–H groups in total. The Hall–Kier alpha value is -1.90. The summed E-state index contributed by atoms with van der Waals surface area (Å²) in [4.78, 5) is 0. The zero-order chi connectivity index (χ0) is 11.5. The molecule has 0 atom stereocenters. The van der Waals surface area contributed by atoms with E-state index in [0.717, 1.165) is 16.5 Å². The number of rotatable bonds is 3. The monoisotopic (exact) mass is 217 g/mol. The second-order valence-electron chi connectivity index (χ2n) is 3.27. The van der Waals surface area contributed by atoms with Gasteiger partial charge in [0.25, 0.3) is 0 Å². The second kappa shape index (κ2) is 4.31. The molecule has 1 radical (unpaired) electrons. The Balaban J connectivity index is 2.83. The smallest absolute Gasteiger partial charge is 0.172 e. The molecular weight excluding hydrogens is 204 g/mol. The normalized spacial score (nSPS) is 10.2. The summed E-state index contributed by atoms with van der Waals surface area (Å²) in [5.41, 5.74) is 0. The van der Waals surface area contributed by atoms with Crippen molar-refractivity contribution in [3.8, 4) is 17.2 Å². The molecule has 0 aliphatic carbocycles. The van der Waals surface area contributed by atoms with Crippen LogP contribution in [0.5, 0.6) is 17.2 Å². The lowest BCUT2D eigenvalue weighted by atomic mass is 10.1. The lowest BCUT2D eigenvalue weighted by molar-refractivity contribution is 0.356. The molecule has 0 aromatic heterocycles. The molecule has 0 amide bonds. The van der Waals surface area contributed by atoms with Gasteiger partial charge in [0.05, 0.1) is 26.7 Å². The van der Waals surface area contributed by atoms with E-state index in [-0.39, 0.29) is 0 Å². The Kier molecular flexibility index (Phi) is 2.86. The summed E-state index contributed by atoms with van der Waals surface area (Å²) in [6.45, 7) is 0. The van der Waals surface area contributed by atoms with Crippen LogP contribution in [-0.4, -0.2) is 21.3 Å². The van der Waals surface area contributed by atoms with Gasteiger partial charge in [-0.3, -0.25) is 0 Å². The average Bonchev–Trinajstić information content (AvgIpc) is 2.36. The van der Waals surface area contributed by atoms with E-state index < -0.39 is 0 Å². The summed E-state index contributed by atoms with van der Waals surface area (Å²) in [6, 6.07) is 10.7. The highest BCUT2D eigenvalue weighted by atomic mass is 16.5. The van der Waals surface area contributed by atoms with Crippen LogP contribution in [0.2, 0.25) is 0 Å². The van der Waals surface area contributed by atoms with Gasteiger partial charge in [-0.2, -0.15) is 0 Å². The molecule has 0 spiro atoms. The fraction of sp³-hybridized carbons (Fsp3) is 0.231. The van der Waals surface area contributed by atoms with Gasteiger partial charge in [0.2, 0.25) is 0 Å². The lowest BCUT2D eigenvalue weighted by Gasteiger charge is -2.12. The standard InChI is InChI=1S/C13H13O3/c1-14-10-6-4-5-9-7-8-11(15-2)13(16-3)12(9)10/h4-6,8H,1-3H3. The van der Waals surface area contributed by atoms with E-state index in [4.69, 9.17) is 14.2 Å². The highest BCUT2D eigenvalue weighted by molar-refractivity contribution is 5.95. The third-order valence-electron chi connectivity index (χ3n) is 2.48. The van der Waals surface area contributed by atoms with Crippen LogP contribution >= 0.6 is 0 Å². The van der Waals surface area contributed by atoms with Crippen LogP contribution in [0.1, 0.15) is 0 Å². The van der Waals surface area contributed by atoms with Crippen LogP contribution in [0, 0.1) is 6.07 Å². The minimum atomic E-state index is 0.652. The zero-order valence-electron chi connectivity index (χ0n) is 9.53. The molecule has 83 valence electrons. The molecule has 3 heteroatoms. The van der Waals surface area contributed by atoms with E-state index in [0.29, 0.717) is 11.5 Å². The van der Waals surface area contributed by atoms with Gasteiger partial charge in [-0.05, 0) is 23.6 Å². The predicted octanol–water partition coefficient (Wildman–Crippen LogP) is 2.67. The molecule has 0 fully saturated rings. The molecule has 0 saturated carbocycles. The van der Waals surface area contributed by atoms with Crippen molar-refractivity contribution in [1.29, 1.82) is 0 Å². The molecule has 0 bridgehead atoms. The molecule has 2 rings (SSSR count). The van der Waals surface area contributed by atoms with Gasteiger partial charge in [0.1, 0.15) is 5.75 Å². The highest BCUT2D eigenvalue weighted by Crippen LogP contribution is 2.40. The topological polar surface area (TPSA) is 27.7 Å². The Morgan fingerprint density at radius 2 is 1.69 bits per heavy atom. The van der Waals surface area contributed by atoms with Crippen molar-refractivity contribution in [3.63, 3.8) is 0 Å². The summed E-state index contributed by atoms with van der Waals surface area (Å²) in [6.07, 6.45) is 0. The largest absolute Gasteiger partial charge is 0.496 e. The molecule has 0 heterocycles. The SMILES string of the molecule is COc1c[c]c2cccc(OC)c2c1OC. The molecule has 16 heavy (non-hydrogen) atoms. The molecule has 0 aliphatic rings. The van der Waals surface area contributed by atoms with E-state index in [1.165, 1.54) is 0 Å². The maximum Gasteiger partial charge on any atom is 0.172 e. The molecular formula is C13H13O3. The first-order chi connectivity index (χ1) is 7.81. The van der Waals surface area contributed by atoms with Crippen LogP contribution in [0.25, 0.3) is 10.8 Å². The summed E-state index contributed by atoms with van der Waals surface area (Å²) in [7, 11) is 4.85. The molecule has 0 unspecified atom stereocenters. The van der Waals surface area contributed by atoms with Gasteiger partial charge in [0.15, 0.2) is 11.5 Å². The minimum absolute atomic E-state index is 0.652. The van der Waals surface area contributed by atoms with E-state index >= 15 is 0 Å². The van der Waals surface area contributed by atoms with Crippen LogP contribution < -0.4 is 14.2 Å². The second-order valence-corrected chi connectivity index (χ2v) is 3.27. The van der Waals surface area contributed by atoms with Crippen molar-refractivity contribution in [2.24, 2.45) is 0 Å². The lowest BCUT2D eigenvalue weighted by Crippen LogP contribution is -1.93. The van der Waals surface area contributed by atoms with Crippen molar-refractivity contribution in [2.75, 3.05) is 21.3 Å². The Bertz CT molecular complexity index is 506. The van der Waals surface area contributed by atoms with Gasteiger partial charge in [-0.1, -0.05) is 12.1 Å². The van der Waals surface area contributed by atoms with Gasteiger partial charge in [0, 0.05) is 0 Å². The van der Waals surface area contributed by atoms with Crippen molar-refractivity contribution in [2.45, 2.75) is 0 Å². The first kappa shape index (κ1) is 10.6. The predicted molar refractivity (Wildman–Crippen MR) is 62.4 cm³/mol. The van der Waals surface area contributed by atoms with Crippen molar-refractivity contribution < 1.29 is 14.2 Å². The summed E-state index contributed by atoms with van der Waals surface area (Å²) >= 11 is 0. The first-order valence-corrected chi connectivity index (χ1v) is 4.91. The van der Waals surface area contributed by atoms with Crippen molar-refractivity contribution in [1.82, 2.24) is 0 Å². The fourth-order valence-electron chi connectivity index (χ4n) is 1.74. The first-order valence-electron chi connectivity index (χ1n) is 4.91. The van der Waals surface area contributed by atoms with Gasteiger partial charge in [-0.15, -0.1) is 0 Å². The molecule has 0 aliphatic heterocycles. The quantitative estimate of drug-likeness (QED) is 0.791. The Morgan fingerprint density at radius 3 is 2.31 bits per heavy atom.